The number of nitrogens with one attached hydrogen (secondary N) is 1. The zero-order valence-corrected chi connectivity index (χ0v) is 19.0. The average Bonchev–Trinajstić information content (AvgIpc) is 3.32. The molecule has 1 N–H and O–H groups in total. The molecule has 1 fully saturated rings. The quantitative estimate of drug-likeness (QED) is 0.673. The predicted octanol–water partition coefficient (Wildman–Crippen LogP) is 4.85. The third kappa shape index (κ3) is 4.30. The Hall–Kier alpha value is -2.50. The number of amides is 2. The van der Waals surface area contributed by atoms with Crippen LogP contribution in [0.5, 0.6) is 0 Å². The molecule has 0 unspecified atom stereocenters. The number of furan rings is 1. The molecule has 1 atom stereocenters. The Morgan fingerprint density at radius 2 is 1.87 bits per heavy atom. The van der Waals surface area contributed by atoms with Gasteiger partial charge in [0, 0.05) is 12.6 Å². The Balaban J connectivity index is 1.66. The molecule has 6 nitrogen and oxygen atoms in total. The molecular formula is C25H35N3O3. The summed E-state index contributed by atoms with van der Waals surface area (Å²) in [6.07, 6.45) is 9.33. The lowest BCUT2D eigenvalue weighted by atomic mass is 9.92. The molecule has 168 valence electrons. The van der Waals surface area contributed by atoms with Crippen molar-refractivity contribution in [1.29, 1.82) is 0 Å². The molecule has 2 aliphatic rings. The number of fused-ring (bicyclic) bond motifs is 1. The molecule has 1 aliphatic heterocycles. The first-order valence-corrected chi connectivity index (χ1v) is 11.8. The number of aromatic nitrogens is 1. The van der Waals surface area contributed by atoms with E-state index in [1.54, 1.807) is 11.2 Å². The van der Waals surface area contributed by atoms with E-state index < -0.39 is 5.54 Å². The van der Waals surface area contributed by atoms with Crippen LogP contribution >= 0.6 is 0 Å². The van der Waals surface area contributed by atoms with Gasteiger partial charge in [0.25, 0.3) is 5.91 Å². The largest absolute Gasteiger partial charge is 0.463 e. The molecule has 2 aromatic heterocycles. The van der Waals surface area contributed by atoms with Gasteiger partial charge in [-0.2, -0.15) is 0 Å². The SMILES string of the molecule is CC(C)CCN1C(=O)c2ccc(-c3ccco3)n2C[C@@]1(C)C(=O)NC1CCCCCC1. The van der Waals surface area contributed by atoms with Crippen molar-refractivity contribution in [3.63, 3.8) is 0 Å². The number of carbonyl (C=O) groups excluding carboxylic acids is 2. The summed E-state index contributed by atoms with van der Waals surface area (Å²) in [4.78, 5) is 29.1. The molecule has 0 spiro atoms. The highest BCUT2D eigenvalue weighted by Gasteiger charge is 2.48. The van der Waals surface area contributed by atoms with Crippen LogP contribution in [0.3, 0.4) is 0 Å². The summed E-state index contributed by atoms with van der Waals surface area (Å²) in [5.41, 5.74) is 0.520. The molecule has 0 radical (unpaired) electrons. The van der Waals surface area contributed by atoms with Crippen LogP contribution in [0, 0.1) is 5.92 Å². The van der Waals surface area contributed by atoms with E-state index in [0.29, 0.717) is 30.5 Å². The second-order valence-electron chi connectivity index (χ2n) is 9.74. The normalized spacial score (nSPS) is 22.5. The highest BCUT2D eigenvalue weighted by Crippen LogP contribution is 2.34. The van der Waals surface area contributed by atoms with Crippen LogP contribution in [0.4, 0.5) is 0 Å². The Morgan fingerprint density at radius 1 is 1.16 bits per heavy atom. The van der Waals surface area contributed by atoms with Gasteiger partial charge in [-0.25, -0.2) is 0 Å². The van der Waals surface area contributed by atoms with Gasteiger partial charge in [0.2, 0.25) is 5.91 Å². The third-order valence-electron chi connectivity index (χ3n) is 6.89. The Morgan fingerprint density at radius 3 is 2.52 bits per heavy atom. The molecule has 1 aliphatic carbocycles. The smallest absolute Gasteiger partial charge is 0.271 e. The van der Waals surface area contributed by atoms with Crippen LogP contribution in [0.15, 0.2) is 34.9 Å². The maximum atomic E-state index is 13.7. The van der Waals surface area contributed by atoms with Crippen LogP contribution in [0.2, 0.25) is 0 Å². The van der Waals surface area contributed by atoms with E-state index in [4.69, 9.17) is 4.42 Å². The second kappa shape index (κ2) is 8.93. The molecular weight excluding hydrogens is 390 g/mol. The van der Waals surface area contributed by atoms with Gasteiger partial charge in [-0.15, -0.1) is 0 Å². The summed E-state index contributed by atoms with van der Waals surface area (Å²) in [5.74, 6) is 1.04. The number of hydrogen-bond donors (Lipinski definition) is 1. The molecule has 0 aromatic carbocycles. The lowest BCUT2D eigenvalue weighted by Gasteiger charge is -2.45. The zero-order valence-electron chi connectivity index (χ0n) is 19.0. The third-order valence-corrected chi connectivity index (χ3v) is 6.89. The summed E-state index contributed by atoms with van der Waals surface area (Å²) in [6.45, 7) is 7.22. The Labute approximate surface area is 185 Å². The van der Waals surface area contributed by atoms with Crippen molar-refractivity contribution < 1.29 is 14.0 Å². The fourth-order valence-electron chi connectivity index (χ4n) is 4.91. The van der Waals surface area contributed by atoms with Crippen molar-refractivity contribution in [2.75, 3.05) is 6.54 Å². The first kappa shape index (κ1) is 21.7. The average molecular weight is 426 g/mol. The highest BCUT2D eigenvalue weighted by molar-refractivity contribution is 6.00. The first-order chi connectivity index (χ1) is 14.9. The monoisotopic (exact) mass is 425 g/mol. The van der Waals surface area contributed by atoms with Crippen molar-refractivity contribution in [2.24, 2.45) is 5.92 Å². The number of nitrogens with zero attached hydrogens (tertiary/aromatic N) is 2. The molecule has 6 heteroatoms. The van der Waals surface area contributed by atoms with Gasteiger partial charge >= 0.3 is 0 Å². The van der Waals surface area contributed by atoms with Gasteiger partial charge in [0.05, 0.1) is 18.5 Å². The molecule has 1 saturated carbocycles. The minimum absolute atomic E-state index is 0.0405. The van der Waals surface area contributed by atoms with Crippen LogP contribution < -0.4 is 5.32 Å². The van der Waals surface area contributed by atoms with E-state index >= 15 is 0 Å². The minimum atomic E-state index is -0.939. The molecule has 2 amide bonds. The Kier molecular flexibility index (Phi) is 6.26. The summed E-state index contributed by atoms with van der Waals surface area (Å²) < 4.78 is 7.56. The zero-order chi connectivity index (χ0) is 22.0. The van der Waals surface area contributed by atoms with Gasteiger partial charge in [-0.05, 0) is 56.4 Å². The maximum absolute atomic E-state index is 13.7. The van der Waals surface area contributed by atoms with Gasteiger partial charge < -0.3 is 19.2 Å². The van der Waals surface area contributed by atoms with Crippen LogP contribution in [-0.4, -0.2) is 39.4 Å². The molecule has 2 aromatic rings. The summed E-state index contributed by atoms with van der Waals surface area (Å²) >= 11 is 0. The predicted molar refractivity (Wildman–Crippen MR) is 121 cm³/mol. The minimum Gasteiger partial charge on any atom is -0.463 e. The summed E-state index contributed by atoms with van der Waals surface area (Å²) in [6, 6.07) is 7.70. The highest BCUT2D eigenvalue weighted by atomic mass is 16.3. The van der Waals surface area contributed by atoms with E-state index in [1.165, 1.54) is 12.8 Å². The standard InChI is InChI=1S/C25H35N3O3/c1-18(2)14-15-28-23(29)21-13-12-20(22-11-8-16-31-22)27(21)17-25(28,3)24(30)26-19-9-6-4-5-7-10-19/h8,11-13,16,18-19H,4-7,9-10,14-15,17H2,1-3H3,(H,26,30)/t25-/m0/s1. The number of carbonyl (C=O) groups is 2. The van der Waals surface area contributed by atoms with E-state index in [9.17, 15) is 9.59 Å². The Bertz CT molecular complexity index is 907. The van der Waals surface area contributed by atoms with Crippen molar-refractivity contribution in [3.05, 3.63) is 36.2 Å². The summed E-state index contributed by atoms with van der Waals surface area (Å²) in [5, 5.41) is 3.31. The molecule has 0 saturated heterocycles. The summed E-state index contributed by atoms with van der Waals surface area (Å²) in [7, 11) is 0. The fraction of sp³-hybridized carbons (Fsp3) is 0.600. The molecule has 0 bridgehead atoms. The maximum Gasteiger partial charge on any atom is 0.271 e. The van der Waals surface area contributed by atoms with Crippen LogP contribution in [0.1, 0.15) is 76.2 Å². The van der Waals surface area contributed by atoms with E-state index in [2.05, 4.69) is 19.2 Å². The first-order valence-electron chi connectivity index (χ1n) is 11.8. The van der Waals surface area contributed by atoms with Gasteiger partial charge in [-0.3, -0.25) is 9.59 Å². The fourth-order valence-corrected chi connectivity index (χ4v) is 4.91. The molecule has 31 heavy (non-hydrogen) atoms. The van der Waals surface area contributed by atoms with Crippen LogP contribution in [0.25, 0.3) is 11.5 Å². The van der Waals surface area contributed by atoms with E-state index in [1.807, 2.05) is 35.8 Å². The van der Waals surface area contributed by atoms with Crippen molar-refractivity contribution in [2.45, 2.75) is 83.8 Å². The lowest BCUT2D eigenvalue weighted by molar-refractivity contribution is -0.133. The lowest BCUT2D eigenvalue weighted by Crippen LogP contribution is -2.65. The molecule has 4 rings (SSSR count). The van der Waals surface area contributed by atoms with Gasteiger partial charge in [-0.1, -0.05) is 39.5 Å². The van der Waals surface area contributed by atoms with E-state index in [-0.39, 0.29) is 17.9 Å². The van der Waals surface area contributed by atoms with Crippen molar-refractivity contribution in [1.82, 2.24) is 14.8 Å². The molecule has 3 heterocycles. The van der Waals surface area contributed by atoms with Crippen molar-refractivity contribution >= 4 is 11.8 Å². The topological polar surface area (TPSA) is 67.5 Å². The van der Waals surface area contributed by atoms with E-state index in [0.717, 1.165) is 37.8 Å². The number of rotatable bonds is 6. The second-order valence-corrected chi connectivity index (χ2v) is 9.74. The van der Waals surface area contributed by atoms with Gasteiger partial charge in [0.1, 0.15) is 17.0 Å². The van der Waals surface area contributed by atoms with Gasteiger partial charge in [0.15, 0.2) is 0 Å². The van der Waals surface area contributed by atoms with Crippen molar-refractivity contribution in [3.8, 4) is 11.5 Å². The van der Waals surface area contributed by atoms with Crippen LogP contribution in [-0.2, 0) is 11.3 Å². The number of hydrogen-bond acceptors (Lipinski definition) is 3.